The highest BCUT2D eigenvalue weighted by molar-refractivity contribution is 5.79. The summed E-state index contributed by atoms with van der Waals surface area (Å²) < 4.78 is 35.9. The van der Waals surface area contributed by atoms with Crippen LogP contribution >= 0.6 is 0 Å². The second-order valence-electron chi connectivity index (χ2n) is 13.0. The molecule has 43 heavy (non-hydrogen) atoms. The van der Waals surface area contributed by atoms with E-state index in [0.717, 1.165) is 51.7 Å². The lowest BCUT2D eigenvalue weighted by molar-refractivity contribution is -0.128. The number of hydrogen-bond acceptors (Lipinski definition) is 5. The van der Waals surface area contributed by atoms with Crippen LogP contribution in [-0.2, 0) is 20.7 Å². The van der Waals surface area contributed by atoms with Gasteiger partial charge in [0.05, 0.1) is 18.8 Å². The van der Waals surface area contributed by atoms with Gasteiger partial charge >= 0.3 is 6.03 Å². The molecule has 10 heteroatoms. The first kappa shape index (κ1) is 33.2. The summed E-state index contributed by atoms with van der Waals surface area (Å²) in [5.74, 6) is -3.07. The number of rotatable bonds is 10. The van der Waals surface area contributed by atoms with E-state index < -0.39 is 11.8 Å². The minimum absolute atomic E-state index is 0.0764. The van der Waals surface area contributed by atoms with E-state index in [1.807, 2.05) is 6.20 Å². The summed E-state index contributed by atoms with van der Waals surface area (Å²) in [5, 5.41) is 0. The molecule has 0 bridgehead atoms. The third kappa shape index (κ3) is 8.69. The molecular weight excluding hydrogens is 554 g/mol. The molecule has 0 radical (unpaired) electrons. The molecule has 3 amide bonds. The Labute approximate surface area is 255 Å². The number of nitrogens with zero attached hydrogens (tertiary/aromatic N) is 3. The zero-order valence-corrected chi connectivity index (χ0v) is 25.9. The number of amides is 3. The predicted molar refractivity (Wildman–Crippen MR) is 162 cm³/mol. The lowest BCUT2D eigenvalue weighted by Crippen LogP contribution is -2.50. The van der Waals surface area contributed by atoms with Gasteiger partial charge < -0.3 is 29.9 Å². The standard InChI is InChI=1S/C26H39N3O3.C7H11F2NO/c1-4-27(14-8-11-22-9-6-5-7-10-22)24-12-13-26(15-24)19-28(25(30)29(26)21(2)3)16-23-17-31-20-32-18-23;8-7(9)3-1-5(2-4-7)6(10)11/h4-7,9-10,21,23-24H,1,8,11-20H2,2-3H3;5H,1-4H2,(H2,10,11). The number of hydrogen-bond donors (Lipinski definition) is 1. The average Bonchev–Trinajstić information content (AvgIpc) is 3.51. The Morgan fingerprint density at radius 2 is 1.81 bits per heavy atom. The second-order valence-corrected chi connectivity index (χ2v) is 13.0. The first-order valence-corrected chi connectivity index (χ1v) is 15.9. The van der Waals surface area contributed by atoms with Crippen molar-refractivity contribution in [3.8, 4) is 0 Å². The van der Waals surface area contributed by atoms with Crippen molar-refractivity contribution in [2.24, 2.45) is 17.6 Å². The highest BCUT2D eigenvalue weighted by Gasteiger charge is 2.55. The molecule has 2 N–H and O–H groups in total. The summed E-state index contributed by atoms with van der Waals surface area (Å²) in [4.78, 5) is 30.6. The number of benzene rings is 1. The molecule has 5 rings (SSSR count). The average molecular weight is 605 g/mol. The van der Waals surface area contributed by atoms with Crippen LogP contribution in [0, 0.1) is 11.8 Å². The monoisotopic (exact) mass is 604 g/mol. The molecule has 0 aromatic heterocycles. The van der Waals surface area contributed by atoms with Gasteiger partial charge in [-0.05, 0) is 70.6 Å². The van der Waals surface area contributed by atoms with Gasteiger partial charge in [0.1, 0.15) is 6.79 Å². The van der Waals surface area contributed by atoms with E-state index in [0.29, 0.717) is 26.0 Å². The van der Waals surface area contributed by atoms with Gasteiger partial charge in [0, 0.05) is 56.4 Å². The van der Waals surface area contributed by atoms with Crippen LogP contribution in [0.1, 0.15) is 70.8 Å². The summed E-state index contributed by atoms with van der Waals surface area (Å²) in [6.45, 7) is 12.7. The second kappa shape index (κ2) is 14.8. The van der Waals surface area contributed by atoms with Crippen molar-refractivity contribution in [3.63, 3.8) is 0 Å². The Hall–Kier alpha value is -2.72. The van der Waals surface area contributed by atoms with Crippen molar-refractivity contribution in [2.75, 3.05) is 39.6 Å². The fourth-order valence-corrected chi connectivity index (χ4v) is 7.30. The van der Waals surface area contributed by atoms with E-state index in [9.17, 15) is 18.4 Å². The number of carbonyl (C=O) groups is 2. The predicted octanol–water partition coefficient (Wildman–Crippen LogP) is 5.42. The molecule has 2 aliphatic heterocycles. The zero-order chi connectivity index (χ0) is 31.0. The van der Waals surface area contributed by atoms with E-state index in [2.05, 4.69) is 65.5 Å². The van der Waals surface area contributed by atoms with Gasteiger partial charge in [0.15, 0.2) is 0 Å². The Bertz CT molecular complexity index is 1060. The molecule has 4 aliphatic rings. The zero-order valence-electron chi connectivity index (χ0n) is 25.9. The fraction of sp³-hybridized carbons (Fsp3) is 0.697. The normalized spacial score (nSPS) is 26.1. The van der Waals surface area contributed by atoms with Crippen molar-refractivity contribution in [1.82, 2.24) is 14.7 Å². The minimum Gasteiger partial charge on any atom is -0.375 e. The summed E-state index contributed by atoms with van der Waals surface area (Å²) >= 11 is 0. The van der Waals surface area contributed by atoms with Gasteiger partial charge in [-0.15, -0.1) is 0 Å². The number of aryl methyl sites for hydroxylation is 1. The van der Waals surface area contributed by atoms with E-state index >= 15 is 0 Å². The summed E-state index contributed by atoms with van der Waals surface area (Å²) in [5.41, 5.74) is 6.28. The Kier molecular flexibility index (Phi) is 11.5. The number of ether oxygens (including phenoxy) is 2. The third-order valence-electron chi connectivity index (χ3n) is 9.45. The van der Waals surface area contributed by atoms with E-state index in [4.69, 9.17) is 15.2 Å². The molecule has 4 fully saturated rings. The first-order chi connectivity index (χ1) is 20.5. The molecule has 240 valence electrons. The maximum Gasteiger partial charge on any atom is 0.320 e. The first-order valence-electron chi connectivity index (χ1n) is 15.9. The summed E-state index contributed by atoms with van der Waals surface area (Å²) in [6.07, 6.45) is 7.48. The number of carbonyl (C=O) groups excluding carboxylic acids is 2. The van der Waals surface area contributed by atoms with Crippen molar-refractivity contribution in [1.29, 1.82) is 0 Å². The van der Waals surface area contributed by atoms with Gasteiger partial charge in [-0.1, -0.05) is 36.9 Å². The molecule has 1 aromatic rings. The van der Waals surface area contributed by atoms with Gasteiger partial charge in [0.2, 0.25) is 11.8 Å². The fourth-order valence-electron chi connectivity index (χ4n) is 7.30. The molecular formula is C33H50F2N4O4. The molecule has 2 aliphatic carbocycles. The maximum atomic E-state index is 13.4. The van der Waals surface area contributed by atoms with Crippen LogP contribution in [0.4, 0.5) is 13.6 Å². The lowest BCUT2D eigenvalue weighted by atomic mass is 9.86. The van der Waals surface area contributed by atoms with Gasteiger partial charge in [-0.25, -0.2) is 13.6 Å². The minimum atomic E-state index is -2.56. The van der Waals surface area contributed by atoms with Crippen LogP contribution in [0.25, 0.3) is 0 Å². The largest absolute Gasteiger partial charge is 0.375 e. The Morgan fingerprint density at radius 3 is 2.42 bits per heavy atom. The smallest absolute Gasteiger partial charge is 0.320 e. The topological polar surface area (TPSA) is 88.3 Å². The summed E-state index contributed by atoms with van der Waals surface area (Å²) in [7, 11) is 0. The van der Waals surface area contributed by atoms with Crippen molar-refractivity contribution < 1.29 is 27.8 Å². The maximum absolute atomic E-state index is 13.4. The number of halogens is 2. The van der Waals surface area contributed by atoms with Crippen LogP contribution in [0.5, 0.6) is 0 Å². The van der Waals surface area contributed by atoms with Crippen LogP contribution in [-0.4, -0.2) is 89.8 Å². The highest BCUT2D eigenvalue weighted by atomic mass is 19.3. The van der Waals surface area contributed by atoms with Gasteiger partial charge in [-0.3, -0.25) is 4.79 Å². The summed E-state index contributed by atoms with van der Waals surface area (Å²) in [6, 6.07) is 11.5. The van der Waals surface area contributed by atoms with Crippen LogP contribution in [0.3, 0.4) is 0 Å². The molecule has 1 aromatic carbocycles. The van der Waals surface area contributed by atoms with Crippen LogP contribution in [0.15, 0.2) is 43.1 Å². The highest BCUT2D eigenvalue weighted by Crippen LogP contribution is 2.44. The molecule has 2 atom stereocenters. The Balaban J connectivity index is 0.000000324. The van der Waals surface area contributed by atoms with E-state index in [-0.39, 0.29) is 55.1 Å². The Morgan fingerprint density at radius 1 is 1.14 bits per heavy atom. The van der Waals surface area contributed by atoms with Gasteiger partial charge in [-0.2, -0.15) is 0 Å². The number of alkyl halides is 2. The van der Waals surface area contributed by atoms with Crippen molar-refractivity contribution in [2.45, 2.75) is 95.2 Å². The molecule has 2 saturated heterocycles. The van der Waals surface area contributed by atoms with E-state index in [1.165, 1.54) is 5.56 Å². The molecule has 2 heterocycles. The van der Waals surface area contributed by atoms with Crippen molar-refractivity contribution >= 4 is 11.9 Å². The number of primary amides is 1. The van der Waals surface area contributed by atoms with Crippen LogP contribution < -0.4 is 5.73 Å². The number of nitrogens with two attached hydrogens (primary N) is 1. The quantitative estimate of drug-likeness (QED) is 0.386. The molecule has 1 spiro atoms. The van der Waals surface area contributed by atoms with E-state index in [1.54, 1.807) is 0 Å². The molecule has 2 unspecified atom stereocenters. The molecule has 8 nitrogen and oxygen atoms in total. The van der Waals surface area contributed by atoms with Crippen LogP contribution in [0.2, 0.25) is 0 Å². The lowest BCUT2D eigenvalue weighted by Gasteiger charge is -2.37. The third-order valence-corrected chi connectivity index (χ3v) is 9.45. The SMILES string of the molecule is C=CN(CCCc1ccccc1)C1CCC2(C1)CN(CC1COCOC1)C(=O)N2C(C)C.NC(=O)C1CCC(F)(F)CC1. The van der Waals surface area contributed by atoms with Crippen molar-refractivity contribution in [3.05, 3.63) is 48.7 Å². The number of urea groups is 1. The molecule has 2 saturated carbocycles. The van der Waals surface area contributed by atoms with Gasteiger partial charge in [0.25, 0.3) is 0 Å².